The Kier molecular flexibility index (Phi) is 4.49. The van der Waals surface area contributed by atoms with E-state index in [9.17, 15) is 4.79 Å². The Labute approximate surface area is 132 Å². The van der Waals surface area contributed by atoms with Gasteiger partial charge in [0.05, 0.1) is 30.2 Å². The van der Waals surface area contributed by atoms with Crippen LogP contribution in [-0.2, 0) is 16.1 Å². The third-order valence-corrected chi connectivity index (χ3v) is 4.56. The van der Waals surface area contributed by atoms with E-state index in [1.807, 2.05) is 17.6 Å². The number of hydrogen-bond donors (Lipinski definition) is 1. The SMILES string of the molecule is Cc1occc1-c1nnc(SCC(N)=O)n1C[C@H]1CCCO1. The van der Waals surface area contributed by atoms with Crippen LogP contribution in [-0.4, -0.2) is 39.1 Å². The van der Waals surface area contributed by atoms with Crippen LogP contribution in [0.25, 0.3) is 11.4 Å². The molecule has 0 bridgehead atoms. The number of rotatable bonds is 6. The van der Waals surface area contributed by atoms with Crippen LogP contribution >= 0.6 is 11.8 Å². The van der Waals surface area contributed by atoms with Crippen LogP contribution in [0.2, 0.25) is 0 Å². The monoisotopic (exact) mass is 322 g/mol. The van der Waals surface area contributed by atoms with Crippen LogP contribution in [0.5, 0.6) is 0 Å². The predicted octanol–water partition coefficient (Wildman–Crippen LogP) is 1.60. The van der Waals surface area contributed by atoms with E-state index in [1.54, 1.807) is 6.26 Å². The van der Waals surface area contributed by atoms with Gasteiger partial charge in [0.1, 0.15) is 5.76 Å². The molecule has 2 aromatic rings. The molecule has 1 amide bonds. The summed E-state index contributed by atoms with van der Waals surface area (Å²) in [6, 6.07) is 1.87. The molecule has 0 saturated carbocycles. The average Bonchev–Trinajstić information content (AvgIpc) is 3.19. The lowest BCUT2D eigenvalue weighted by atomic mass is 10.2. The van der Waals surface area contributed by atoms with Crippen molar-refractivity contribution in [2.45, 2.75) is 37.6 Å². The molecule has 2 aromatic heterocycles. The maximum absolute atomic E-state index is 11.0. The molecule has 7 nitrogen and oxygen atoms in total. The van der Waals surface area contributed by atoms with Crippen molar-refractivity contribution in [3.63, 3.8) is 0 Å². The molecule has 3 rings (SSSR count). The van der Waals surface area contributed by atoms with Crippen molar-refractivity contribution >= 4 is 17.7 Å². The molecule has 2 N–H and O–H groups in total. The number of carbonyl (C=O) groups is 1. The number of ether oxygens (including phenoxy) is 1. The van der Waals surface area contributed by atoms with Gasteiger partial charge in [0.15, 0.2) is 11.0 Å². The summed E-state index contributed by atoms with van der Waals surface area (Å²) in [5, 5.41) is 9.13. The first kappa shape index (κ1) is 15.1. The molecule has 3 heterocycles. The third kappa shape index (κ3) is 3.17. The Morgan fingerprint density at radius 1 is 1.55 bits per heavy atom. The maximum atomic E-state index is 11.0. The molecule has 1 aliphatic rings. The summed E-state index contributed by atoms with van der Waals surface area (Å²) in [5.74, 6) is 1.31. The molecular weight excluding hydrogens is 304 g/mol. The van der Waals surface area contributed by atoms with Gasteiger partial charge in [-0.1, -0.05) is 11.8 Å². The van der Waals surface area contributed by atoms with Crippen molar-refractivity contribution in [3.8, 4) is 11.4 Å². The normalized spacial score (nSPS) is 18.0. The fourth-order valence-electron chi connectivity index (χ4n) is 2.50. The molecular formula is C14H18N4O3S. The van der Waals surface area contributed by atoms with Gasteiger partial charge in [-0.25, -0.2) is 0 Å². The summed E-state index contributed by atoms with van der Waals surface area (Å²) in [7, 11) is 0. The Morgan fingerprint density at radius 2 is 2.41 bits per heavy atom. The minimum Gasteiger partial charge on any atom is -0.469 e. The number of carbonyl (C=O) groups excluding carboxylic acids is 1. The predicted molar refractivity (Wildman–Crippen MR) is 81.4 cm³/mol. The molecule has 1 atom stereocenters. The summed E-state index contributed by atoms with van der Waals surface area (Å²) in [5.41, 5.74) is 6.12. The van der Waals surface area contributed by atoms with Crippen molar-refractivity contribution < 1.29 is 13.9 Å². The first-order valence-corrected chi connectivity index (χ1v) is 8.14. The van der Waals surface area contributed by atoms with E-state index >= 15 is 0 Å². The second-order valence-corrected chi connectivity index (χ2v) is 6.14. The highest BCUT2D eigenvalue weighted by Crippen LogP contribution is 2.28. The van der Waals surface area contributed by atoms with Crippen molar-refractivity contribution in [3.05, 3.63) is 18.1 Å². The molecule has 0 aromatic carbocycles. The largest absolute Gasteiger partial charge is 0.469 e. The number of nitrogens with two attached hydrogens (primary N) is 1. The Hall–Kier alpha value is -1.80. The minimum absolute atomic E-state index is 0.148. The van der Waals surface area contributed by atoms with Crippen LogP contribution in [0.1, 0.15) is 18.6 Å². The molecule has 1 saturated heterocycles. The second-order valence-electron chi connectivity index (χ2n) is 5.20. The number of thioether (sulfide) groups is 1. The first-order valence-electron chi connectivity index (χ1n) is 7.15. The zero-order valence-corrected chi connectivity index (χ0v) is 13.1. The van der Waals surface area contributed by atoms with Gasteiger partial charge >= 0.3 is 0 Å². The third-order valence-electron chi connectivity index (χ3n) is 3.57. The number of furan rings is 1. The number of aryl methyl sites for hydroxylation is 1. The summed E-state index contributed by atoms with van der Waals surface area (Å²) in [6.07, 6.45) is 3.86. The highest BCUT2D eigenvalue weighted by atomic mass is 32.2. The van der Waals surface area contributed by atoms with Crippen LogP contribution < -0.4 is 5.73 Å². The molecule has 1 aliphatic heterocycles. The Morgan fingerprint density at radius 3 is 3.05 bits per heavy atom. The number of hydrogen-bond acceptors (Lipinski definition) is 6. The Balaban J connectivity index is 1.91. The van der Waals surface area contributed by atoms with Crippen LogP contribution in [0, 0.1) is 6.92 Å². The Bertz CT molecular complexity index is 661. The van der Waals surface area contributed by atoms with E-state index in [0.717, 1.165) is 36.6 Å². The van der Waals surface area contributed by atoms with Gasteiger partial charge in [-0.15, -0.1) is 10.2 Å². The summed E-state index contributed by atoms with van der Waals surface area (Å²) in [6.45, 7) is 3.33. The number of amides is 1. The summed E-state index contributed by atoms with van der Waals surface area (Å²) >= 11 is 1.29. The topological polar surface area (TPSA) is 96.2 Å². The first-order chi connectivity index (χ1) is 10.6. The van der Waals surface area contributed by atoms with Gasteiger partial charge < -0.3 is 14.9 Å². The van der Waals surface area contributed by atoms with E-state index in [2.05, 4.69) is 10.2 Å². The molecule has 0 radical (unpaired) electrons. The smallest absolute Gasteiger partial charge is 0.227 e. The van der Waals surface area contributed by atoms with Crippen molar-refractivity contribution in [2.75, 3.05) is 12.4 Å². The van der Waals surface area contributed by atoms with E-state index in [-0.39, 0.29) is 17.8 Å². The van der Waals surface area contributed by atoms with E-state index in [4.69, 9.17) is 14.9 Å². The van der Waals surface area contributed by atoms with E-state index < -0.39 is 0 Å². The number of aromatic nitrogens is 3. The highest BCUT2D eigenvalue weighted by Gasteiger charge is 2.23. The quantitative estimate of drug-likeness (QED) is 0.812. The zero-order chi connectivity index (χ0) is 15.5. The van der Waals surface area contributed by atoms with Crippen molar-refractivity contribution in [2.24, 2.45) is 5.73 Å². The fourth-order valence-corrected chi connectivity index (χ4v) is 3.19. The van der Waals surface area contributed by atoms with E-state index in [0.29, 0.717) is 11.7 Å². The van der Waals surface area contributed by atoms with E-state index in [1.165, 1.54) is 11.8 Å². The second kappa shape index (κ2) is 6.53. The van der Waals surface area contributed by atoms with Crippen LogP contribution in [0.15, 0.2) is 21.9 Å². The average molecular weight is 322 g/mol. The standard InChI is InChI=1S/C14H18N4O3S/c1-9-11(4-6-20-9)13-16-17-14(22-8-12(15)19)18(13)7-10-3-2-5-21-10/h4,6,10H,2-3,5,7-8H2,1H3,(H2,15,19)/t10-/m1/s1. The number of nitrogens with zero attached hydrogens (tertiary/aromatic N) is 3. The zero-order valence-electron chi connectivity index (χ0n) is 12.3. The van der Waals surface area contributed by atoms with Crippen LogP contribution in [0.3, 0.4) is 0 Å². The van der Waals surface area contributed by atoms with Gasteiger partial charge in [0.2, 0.25) is 5.91 Å². The molecule has 118 valence electrons. The lowest BCUT2D eigenvalue weighted by Gasteiger charge is -2.14. The van der Waals surface area contributed by atoms with Gasteiger partial charge in [-0.2, -0.15) is 0 Å². The lowest BCUT2D eigenvalue weighted by Crippen LogP contribution is -2.18. The van der Waals surface area contributed by atoms with Crippen LogP contribution in [0.4, 0.5) is 0 Å². The minimum atomic E-state index is -0.377. The highest BCUT2D eigenvalue weighted by molar-refractivity contribution is 7.99. The van der Waals surface area contributed by atoms with Gasteiger partial charge in [0, 0.05) is 6.61 Å². The molecule has 8 heteroatoms. The van der Waals surface area contributed by atoms with Crippen molar-refractivity contribution in [1.82, 2.24) is 14.8 Å². The molecule has 1 fully saturated rings. The van der Waals surface area contributed by atoms with Gasteiger partial charge in [0.25, 0.3) is 0 Å². The molecule has 22 heavy (non-hydrogen) atoms. The lowest BCUT2D eigenvalue weighted by molar-refractivity contribution is -0.115. The van der Waals surface area contributed by atoms with Gasteiger partial charge in [-0.3, -0.25) is 9.36 Å². The molecule has 0 aliphatic carbocycles. The van der Waals surface area contributed by atoms with Crippen molar-refractivity contribution in [1.29, 1.82) is 0 Å². The van der Waals surface area contributed by atoms with Gasteiger partial charge in [-0.05, 0) is 25.8 Å². The molecule has 0 unspecified atom stereocenters. The summed E-state index contributed by atoms with van der Waals surface area (Å²) < 4.78 is 13.1. The fraction of sp³-hybridized carbons (Fsp3) is 0.500. The maximum Gasteiger partial charge on any atom is 0.227 e. The molecule has 0 spiro atoms. The number of primary amides is 1. The summed E-state index contributed by atoms with van der Waals surface area (Å²) in [4.78, 5) is 11.0.